The van der Waals surface area contributed by atoms with Crippen molar-refractivity contribution in [2.45, 2.75) is 6.54 Å². The Morgan fingerprint density at radius 2 is 2.18 bits per heavy atom. The smallest absolute Gasteiger partial charge is 0.319 e. The number of amides is 2. The lowest BCUT2D eigenvalue weighted by molar-refractivity contribution is 0.180. The molecule has 1 aromatic heterocycles. The van der Waals surface area contributed by atoms with Gasteiger partial charge in [0.2, 0.25) is 0 Å². The maximum atomic E-state index is 11.6. The number of urea groups is 1. The Balaban J connectivity index is 2.63. The fourth-order valence-corrected chi connectivity index (χ4v) is 2.12. The molecule has 5 heteroatoms. The zero-order chi connectivity index (χ0) is 12.8. The summed E-state index contributed by atoms with van der Waals surface area (Å²) in [6.45, 7) is 0.962. The summed E-state index contributed by atoms with van der Waals surface area (Å²) in [5.74, 6) is 5.79. The van der Waals surface area contributed by atoms with Crippen molar-refractivity contribution in [1.82, 2.24) is 9.80 Å². The molecule has 0 bridgehead atoms. The molecule has 0 atom stereocenters. The highest BCUT2D eigenvalue weighted by Crippen LogP contribution is 2.15. The molecule has 17 heavy (non-hydrogen) atoms. The van der Waals surface area contributed by atoms with Crippen LogP contribution in [0.4, 0.5) is 4.79 Å². The van der Waals surface area contributed by atoms with E-state index < -0.39 is 0 Å². The van der Waals surface area contributed by atoms with Crippen molar-refractivity contribution in [2.24, 2.45) is 5.73 Å². The van der Waals surface area contributed by atoms with E-state index in [1.807, 2.05) is 11.4 Å². The minimum Gasteiger partial charge on any atom is -0.331 e. The van der Waals surface area contributed by atoms with E-state index >= 15 is 0 Å². The number of hydrogen-bond donors (Lipinski definition) is 1. The van der Waals surface area contributed by atoms with Gasteiger partial charge in [-0.2, -0.15) is 0 Å². The minimum absolute atomic E-state index is 0.00853. The normalized spacial score (nSPS) is 9.41. The Kier molecular flexibility index (Phi) is 5.01. The summed E-state index contributed by atoms with van der Waals surface area (Å²) < 4.78 is 0. The van der Waals surface area contributed by atoms with Crippen LogP contribution in [-0.2, 0) is 6.54 Å². The third-order valence-electron chi connectivity index (χ3n) is 2.10. The molecule has 92 valence electrons. The molecule has 0 aliphatic carbocycles. The fraction of sp³-hybridized carbons (Fsp3) is 0.417. The monoisotopic (exact) mass is 251 g/mol. The van der Waals surface area contributed by atoms with Gasteiger partial charge in [0.1, 0.15) is 0 Å². The summed E-state index contributed by atoms with van der Waals surface area (Å²) in [5, 5.41) is 2.01. The van der Waals surface area contributed by atoms with Gasteiger partial charge in [-0.05, 0) is 17.0 Å². The molecule has 0 fully saturated rings. The molecular formula is C12H17N3OS. The van der Waals surface area contributed by atoms with Gasteiger partial charge in [0.15, 0.2) is 0 Å². The van der Waals surface area contributed by atoms with Crippen molar-refractivity contribution >= 4 is 17.4 Å². The van der Waals surface area contributed by atoms with Crippen molar-refractivity contribution in [3.8, 4) is 11.8 Å². The van der Waals surface area contributed by atoms with E-state index in [1.54, 1.807) is 42.3 Å². The number of thiophene rings is 1. The molecule has 0 radical (unpaired) electrons. The Bertz CT molecular complexity index is 442. The molecule has 1 heterocycles. The highest BCUT2D eigenvalue weighted by molar-refractivity contribution is 7.10. The number of nitrogens with zero attached hydrogens (tertiary/aromatic N) is 2. The number of nitrogens with two attached hydrogens (primary N) is 1. The van der Waals surface area contributed by atoms with Crippen LogP contribution in [-0.4, -0.2) is 43.5 Å². The van der Waals surface area contributed by atoms with Gasteiger partial charge < -0.3 is 15.5 Å². The summed E-state index contributed by atoms with van der Waals surface area (Å²) in [6, 6.07) is 1.98. The quantitative estimate of drug-likeness (QED) is 0.802. The van der Waals surface area contributed by atoms with Crippen molar-refractivity contribution in [3.63, 3.8) is 0 Å². The first-order valence-corrected chi connectivity index (χ1v) is 6.11. The third kappa shape index (κ3) is 4.10. The van der Waals surface area contributed by atoms with E-state index in [1.165, 1.54) is 0 Å². The predicted molar refractivity (Wildman–Crippen MR) is 70.8 cm³/mol. The average molecular weight is 251 g/mol. The summed E-state index contributed by atoms with van der Waals surface area (Å²) in [5.41, 5.74) is 6.40. The van der Waals surface area contributed by atoms with Gasteiger partial charge in [0.05, 0.1) is 11.4 Å². The molecular weight excluding hydrogens is 234 g/mol. The summed E-state index contributed by atoms with van der Waals surface area (Å²) in [4.78, 5) is 15.8. The first-order valence-electron chi connectivity index (χ1n) is 5.23. The van der Waals surface area contributed by atoms with Crippen molar-refractivity contribution in [3.05, 3.63) is 21.9 Å². The number of carbonyl (C=O) groups is 1. The molecule has 1 aromatic rings. The van der Waals surface area contributed by atoms with Crippen LogP contribution in [0.1, 0.15) is 10.4 Å². The third-order valence-corrected chi connectivity index (χ3v) is 2.99. The van der Waals surface area contributed by atoms with Crippen molar-refractivity contribution in [1.29, 1.82) is 0 Å². The maximum absolute atomic E-state index is 11.6. The van der Waals surface area contributed by atoms with Gasteiger partial charge in [-0.15, -0.1) is 11.3 Å². The first-order chi connectivity index (χ1) is 8.04. The molecule has 0 saturated carbocycles. The van der Waals surface area contributed by atoms with Crippen LogP contribution in [0.5, 0.6) is 0 Å². The molecule has 2 N–H and O–H groups in total. The van der Waals surface area contributed by atoms with Crippen LogP contribution in [0.3, 0.4) is 0 Å². The molecule has 1 rings (SSSR count). The van der Waals surface area contributed by atoms with Crippen LogP contribution in [0.15, 0.2) is 11.4 Å². The molecule has 0 saturated heterocycles. The summed E-state index contributed by atoms with van der Waals surface area (Å²) in [6.07, 6.45) is 0. The zero-order valence-corrected chi connectivity index (χ0v) is 11.2. The summed E-state index contributed by atoms with van der Waals surface area (Å²) in [7, 11) is 5.26. The van der Waals surface area contributed by atoms with Crippen LogP contribution in [0, 0.1) is 11.8 Å². The molecule has 0 aliphatic rings. The van der Waals surface area contributed by atoms with Gasteiger partial charge in [0.25, 0.3) is 0 Å². The van der Waals surface area contributed by atoms with Crippen LogP contribution in [0.2, 0.25) is 0 Å². The zero-order valence-electron chi connectivity index (χ0n) is 10.4. The number of hydrogen-bond acceptors (Lipinski definition) is 3. The van der Waals surface area contributed by atoms with Crippen LogP contribution < -0.4 is 5.73 Å². The van der Waals surface area contributed by atoms with Gasteiger partial charge >= 0.3 is 6.03 Å². The number of rotatable bonds is 2. The largest absolute Gasteiger partial charge is 0.331 e. The number of carbonyl (C=O) groups excluding carboxylic acids is 1. The standard InChI is InChI=1S/C12H17N3OS/c1-14(2)12(16)15(3)8-10-7-11(17-9-10)5-4-6-13/h7,9H,6,8,13H2,1-3H3. The lowest BCUT2D eigenvalue weighted by Gasteiger charge is -2.21. The van der Waals surface area contributed by atoms with Gasteiger partial charge in [-0.25, -0.2) is 4.79 Å². The maximum Gasteiger partial charge on any atom is 0.319 e. The summed E-state index contributed by atoms with van der Waals surface area (Å²) >= 11 is 1.57. The molecule has 4 nitrogen and oxygen atoms in total. The molecule has 0 aromatic carbocycles. The Morgan fingerprint density at radius 1 is 1.47 bits per heavy atom. The van der Waals surface area contributed by atoms with Gasteiger partial charge in [-0.3, -0.25) is 0 Å². The van der Waals surface area contributed by atoms with E-state index in [0.29, 0.717) is 13.1 Å². The van der Waals surface area contributed by atoms with Crippen molar-refractivity contribution < 1.29 is 4.79 Å². The van der Waals surface area contributed by atoms with Crippen LogP contribution in [0.25, 0.3) is 0 Å². The second-order valence-electron chi connectivity index (χ2n) is 3.86. The van der Waals surface area contributed by atoms with Crippen LogP contribution >= 0.6 is 11.3 Å². The predicted octanol–water partition coefficient (Wildman–Crippen LogP) is 1.17. The Labute approximate surface area is 106 Å². The van der Waals surface area contributed by atoms with E-state index in [4.69, 9.17) is 5.73 Å². The van der Waals surface area contributed by atoms with Gasteiger partial charge in [0, 0.05) is 27.7 Å². The first kappa shape index (κ1) is 13.6. The van der Waals surface area contributed by atoms with E-state index in [2.05, 4.69) is 11.8 Å². The highest BCUT2D eigenvalue weighted by Gasteiger charge is 2.11. The minimum atomic E-state index is -0.00853. The second kappa shape index (κ2) is 6.28. The Hall–Kier alpha value is -1.51. The average Bonchev–Trinajstić information content (AvgIpc) is 2.72. The molecule has 0 aliphatic heterocycles. The SMILES string of the molecule is CN(C)C(=O)N(C)Cc1csc(C#CCN)c1. The topological polar surface area (TPSA) is 49.6 Å². The van der Waals surface area contributed by atoms with Gasteiger partial charge in [-0.1, -0.05) is 11.8 Å². The second-order valence-corrected chi connectivity index (χ2v) is 4.77. The lowest BCUT2D eigenvalue weighted by atomic mass is 10.3. The fourth-order valence-electron chi connectivity index (χ4n) is 1.35. The van der Waals surface area contributed by atoms with Crippen molar-refractivity contribution in [2.75, 3.05) is 27.7 Å². The lowest BCUT2D eigenvalue weighted by Crippen LogP contribution is -2.35. The molecule has 0 unspecified atom stereocenters. The van der Waals surface area contributed by atoms with E-state index in [0.717, 1.165) is 10.4 Å². The van der Waals surface area contributed by atoms with E-state index in [9.17, 15) is 4.79 Å². The highest BCUT2D eigenvalue weighted by atomic mass is 32.1. The molecule has 0 spiro atoms. The molecule has 2 amide bonds. The Morgan fingerprint density at radius 3 is 2.76 bits per heavy atom. The van der Waals surface area contributed by atoms with E-state index in [-0.39, 0.29) is 6.03 Å².